The minimum atomic E-state index is -0.318. The Morgan fingerprint density at radius 3 is 2.92 bits per heavy atom. The summed E-state index contributed by atoms with van der Waals surface area (Å²) >= 11 is 6.14. The van der Waals surface area contributed by atoms with Crippen molar-refractivity contribution in [3.05, 3.63) is 41.7 Å². The molecule has 1 aliphatic heterocycles. The molecule has 0 spiro atoms. The van der Waals surface area contributed by atoms with E-state index in [1.807, 2.05) is 18.2 Å². The van der Waals surface area contributed by atoms with Crippen molar-refractivity contribution in [3.8, 4) is 5.69 Å². The number of amides is 3. The van der Waals surface area contributed by atoms with Crippen molar-refractivity contribution in [2.45, 2.75) is 18.9 Å². The van der Waals surface area contributed by atoms with Gasteiger partial charge in [0.15, 0.2) is 0 Å². The number of urea groups is 1. The Labute approximate surface area is 144 Å². The average molecular weight is 348 g/mol. The number of nitrogens with zero attached hydrogens (tertiary/aromatic N) is 3. The van der Waals surface area contributed by atoms with Gasteiger partial charge in [-0.25, -0.2) is 9.48 Å². The average Bonchev–Trinajstić information content (AvgIpc) is 2.99. The molecule has 3 amide bonds. The third-order valence-electron chi connectivity index (χ3n) is 3.90. The Morgan fingerprint density at radius 2 is 2.17 bits per heavy atom. The number of carbonyl (C=O) groups is 2. The van der Waals surface area contributed by atoms with Crippen LogP contribution in [0.1, 0.15) is 12.8 Å². The summed E-state index contributed by atoms with van der Waals surface area (Å²) in [6, 6.07) is 6.96. The zero-order valence-corrected chi connectivity index (χ0v) is 14.0. The fourth-order valence-corrected chi connectivity index (χ4v) is 2.86. The summed E-state index contributed by atoms with van der Waals surface area (Å²) < 4.78 is 1.60. The van der Waals surface area contributed by atoms with Crippen LogP contribution >= 0.6 is 11.6 Å². The lowest BCUT2D eigenvalue weighted by molar-refractivity contribution is -0.132. The molecule has 2 heterocycles. The second kappa shape index (κ2) is 6.92. The van der Waals surface area contributed by atoms with Gasteiger partial charge < -0.3 is 15.5 Å². The Kier molecular flexibility index (Phi) is 4.71. The van der Waals surface area contributed by atoms with E-state index in [-0.39, 0.29) is 18.0 Å². The van der Waals surface area contributed by atoms with E-state index in [1.54, 1.807) is 35.1 Å². The van der Waals surface area contributed by atoms with Gasteiger partial charge in [0.2, 0.25) is 5.91 Å². The summed E-state index contributed by atoms with van der Waals surface area (Å²) in [4.78, 5) is 25.2. The van der Waals surface area contributed by atoms with Crippen molar-refractivity contribution >= 4 is 29.2 Å². The maximum absolute atomic E-state index is 12.1. The molecule has 0 radical (unpaired) electrons. The SMILES string of the molecule is CN1C[C@H](NC(=O)Nc2cnn(-c3ccccc3Cl)c2)CCC1=O. The number of likely N-dealkylation sites (tertiary alicyclic amines) is 1. The van der Waals surface area contributed by atoms with E-state index in [0.717, 1.165) is 5.69 Å². The van der Waals surface area contributed by atoms with E-state index < -0.39 is 0 Å². The maximum atomic E-state index is 12.1. The van der Waals surface area contributed by atoms with Gasteiger partial charge in [-0.05, 0) is 18.6 Å². The van der Waals surface area contributed by atoms with Gasteiger partial charge in [-0.15, -0.1) is 0 Å². The van der Waals surface area contributed by atoms with Crippen LogP contribution in [0.4, 0.5) is 10.5 Å². The number of aromatic nitrogens is 2. The lowest BCUT2D eigenvalue weighted by Gasteiger charge is -2.30. The zero-order chi connectivity index (χ0) is 17.1. The van der Waals surface area contributed by atoms with E-state index in [4.69, 9.17) is 11.6 Å². The van der Waals surface area contributed by atoms with Crippen molar-refractivity contribution in [1.29, 1.82) is 0 Å². The summed E-state index contributed by atoms with van der Waals surface area (Å²) in [5, 5.41) is 10.4. The molecule has 7 nitrogen and oxygen atoms in total. The molecule has 126 valence electrons. The fraction of sp³-hybridized carbons (Fsp3) is 0.312. The molecule has 2 aromatic rings. The van der Waals surface area contributed by atoms with E-state index in [0.29, 0.717) is 30.1 Å². The van der Waals surface area contributed by atoms with Crippen LogP contribution in [0.3, 0.4) is 0 Å². The summed E-state index contributed by atoms with van der Waals surface area (Å²) in [7, 11) is 1.74. The Bertz CT molecular complexity index is 760. The lowest BCUT2D eigenvalue weighted by atomic mass is 10.1. The van der Waals surface area contributed by atoms with E-state index in [1.165, 1.54) is 0 Å². The smallest absolute Gasteiger partial charge is 0.319 e. The molecule has 1 aromatic carbocycles. The lowest BCUT2D eigenvalue weighted by Crippen LogP contribution is -2.49. The van der Waals surface area contributed by atoms with Crippen LogP contribution in [-0.2, 0) is 4.79 Å². The summed E-state index contributed by atoms with van der Waals surface area (Å²) in [5.41, 5.74) is 1.30. The maximum Gasteiger partial charge on any atom is 0.319 e. The first-order valence-corrected chi connectivity index (χ1v) is 8.02. The Hall–Kier alpha value is -2.54. The number of hydrogen-bond acceptors (Lipinski definition) is 3. The molecule has 0 bridgehead atoms. The topological polar surface area (TPSA) is 79.3 Å². The molecule has 1 aromatic heterocycles. The van der Waals surface area contributed by atoms with Crippen LogP contribution in [0, 0.1) is 0 Å². The first-order valence-electron chi connectivity index (χ1n) is 7.64. The molecule has 1 saturated heterocycles. The fourth-order valence-electron chi connectivity index (χ4n) is 2.64. The van der Waals surface area contributed by atoms with Crippen molar-refractivity contribution in [2.75, 3.05) is 18.9 Å². The number of halogens is 1. The second-order valence-electron chi connectivity index (χ2n) is 5.73. The number of benzene rings is 1. The summed E-state index contributed by atoms with van der Waals surface area (Å²) in [6.45, 7) is 0.519. The van der Waals surface area contributed by atoms with Gasteiger partial charge in [0, 0.05) is 26.1 Å². The highest BCUT2D eigenvalue weighted by molar-refractivity contribution is 6.32. The van der Waals surface area contributed by atoms with Crippen molar-refractivity contribution < 1.29 is 9.59 Å². The standard InChI is InChI=1S/C16H18ClN5O2/c1-21-9-11(6-7-15(21)23)19-16(24)20-12-8-18-22(10-12)14-5-3-2-4-13(14)17/h2-5,8,10-11H,6-7,9H2,1H3,(H2,19,20,24)/t11-/m1/s1. The third kappa shape index (κ3) is 3.68. The van der Waals surface area contributed by atoms with Crippen molar-refractivity contribution in [1.82, 2.24) is 20.0 Å². The molecule has 1 atom stereocenters. The number of rotatable bonds is 3. The number of piperidine rings is 1. The van der Waals surface area contributed by atoms with Gasteiger partial charge in [-0.1, -0.05) is 23.7 Å². The molecule has 0 unspecified atom stereocenters. The van der Waals surface area contributed by atoms with Gasteiger partial charge >= 0.3 is 6.03 Å². The molecule has 0 saturated carbocycles. The molecule has 0 aliphatic carbocycles. The first-order chi connectivity index (χ1) is 11.5. The number of hydrogen-bond donors (Lipinski definition) is 2. The predicted molar refractivity (Wildman–Crippen MR) is 91.4 cm³/mol. The van der Waals surface area contributed by atoms with Gasteiger partial charge in [0.05, 0.1) is 28.8 Å². The summed E-state index contributed by atoms with van der Waals surface area (Å²) in [6.07, 6.45) is 4.35. The highest BCUT2D eigenvalue weighted by Gasteiger charge is 2.24. The Morgan fingerprint density at radius 1 is 1.38 bits per heavy atom. The quantitative estimate of drug-likeness (QED) is 0.893. The first kappa shape index (κ1) is 16.3. The van der Waals surface area contributed by atoms with Crippen molar-refractivity contribution in [2.24, 2.45) is 0 Å². The number of anilines is 1. The van der Waals surface area contributed by atoms with Crippen LogP contribution in [-0.4, -0.2) is 46.3 Å². The largest absolute Gasteiger partial charge is 0.344 e. The molecule has 3 rings (SSSR count). The Balaban J connectivity index is 1.60. The second-order valence-corrected chi connectivity index (χ2v) is 6.14. The van der Waals surface area contributed by atoms with Gasteiger partial charge in [0.1, 0.15) is 0 Å². The highest BCUT2D eigenvalue weighted by Crippen LogP contribution is 2.20. The van der Waals surface area contributed by atoms with Gasteiger partial charge in [-0.2, -0.15) is 5.10 Å². The number of likely N-dealkylation sites (N-methyl/N-ethyl adjacent to an activating group) is 1. The number of para-hydroxylation sites is 1. The molecule has 1 aliphatic rings. The zero-order valence-electron chi connectivity index (χ0n) is 13.2. The highest BCUT2D eigenvalue weighted by atomic mass is 35.5. The van der Waals surface area contributed by atoms with E-state index >= 15 is 0 Å². The van der Waals surface area contributed by atoms with Crippen LogP contribution in [0.15, 0.2) is 36.7 Å². The summed E-state index contributed by atoms with van der Waals surface area (Å²) in [5.74, 6) is 0.106. The molecular weight excluding hydrogens is 330 g/mol. The van der Waals surface area contributed by atoms with Crippen LogP contribution in [0.2, 0.25) is 5.02 Å². The monoisotopic (exact) mass is 347 g/mol. The number of carbonyl (C=O) groups excluding carboxylic acids is 2. The van der Waals surface area contributed by atoms with Crippen LogP contribution < -0.4 is 10.6 Å². The molecule has 1 fully saturated rings. The molecule has 2 N–H and O–H groups in total. The normalized spacial score (nSPS) is 17.7. The molecule has 8 heteroatoms. The van der Waals surface area contributed by atoms with Crippen LogP contribution in [0.5, 0.6) is 0 Å². The third-order valence-corrected chi connectivity index (χ3v) is 4.22. The molecule has 24 heavy (non-hydrogen) atoms. The molecular formula is C16H18ClN5O2. The van der Waals surface area contributed by atoms with Gasteiger partial charge in [-0.3, -0.25) is 4.79 Å². The van der Waals surface area contributed by atoms with E-state index in [9.17, 15) is 9.59 Å². The van der Waals surface area contributed by atoms with E-state index in [2.05, 4.69) is 15.7 Å². The minimum Gasteiger partial charge on any atom is -0.344 e. The van der Waals surface area contributed by atoms with Crippen LogP contribution in [0.25, 0.3) is 5.69 Å². The minimum absolute atomic E-state index is 0.0497. The van der Waals surface area contributed by atoms with Gasteiger partial charge in [0.25, 0.3) is 0 Å². The predicted octanol–water partition coefficient (Wildman–Crippen LogP) is 2.27. The van der Waals surface area contributed by atoms with Crippen molar-refractivity contribution in [3.63, 3.8) is 0 Å². The number of nitrogens with one attached hydrogen (secondary N) is 2.